The average Bonchev–Trinajstić information content (AvgIpc) is 2.52. The van der Waals surface area contributed by atoms with Crippen molar-refractivity contribution in [2.45, 2.75) is 20.3 Å². The van der Waals surface area contributed by atoms with Crippen LogP contribution in [0.4, 0.5) is 0 Å². The van der Waals surface area contributed by atoms with Gasteiger partial charge in [0.1, 0.15) is 0 Å². The van der Waals surface area contributed by atoms with Gasteiger partial charge in [-0.15, -0.1) is 0 Å². The first-order valence-corrected chi connectivity index (χ1v) is 7.17. The fourth-order valence-electron chi connectivity index (χ4n) is 2.51. The third-order valence-electron chi connectivity index (χ3n) is 3.68. The Balaban J connectivity index is 1.97. The molecule has 21 heavy (non-hydrogen) atoms. The van der Waals surface area contributed by atoms with Crippen LogP contribution >= 0.6 is 0 Å². The third-order valence-corrected chi connectivity index (χ3v) is 3.68. The number of hydrogen-bond donors (Lipinski definition) is 0. The van der Waals surface area contributed by atoms with Crippen LogP contribution in [0.5, 0.6) is 0 Å². The van der Waals surface area contributed by atoms with E-state index in [1.54, 1.807) is 0 Å². The molecule has 104 valence electrons. The van der Waals surface area contributed by atoms with Crippen LogP contribution in [0.3, 0.4) is 0 Å². The first-order valence-electron chi connectivity index (χ1n) is 7.17. The van der Waals surface area contributed by atoms with Crippen LogP contribution in [0.2, 0.25) is 0 Å². The van der Waals surface area contributed by atoms with Crippen molar-refractivity contribution in [2.75, 3.05) is 0 Å². The van der Waals surface area contributed by atoms with Gasteiger partial charge in [0.25, 0.3) is 0 Å². The summed E-state index contributed by atoms with van der Waals surface area (Å²) in [4.78, 5) is 9.38. The van der Waals surface area contributed by atoms with Crippen molar-refractivity contribution in [3.8, 4) is 11.4 Å². The van der Waals surface area contributed by atoms with Crippen molar-refractivity contribution in [3.63, 3.8) is 0 Å². The predicted molar refractivity (Wildman–Crippen MR) is 86.2 cm³/mol. The SMILES string of the molecule is Cc1nc(-c2ccccc2)nc(C)c1Cc1ccccc1. The highest BCUT2D eigenvalue weighted by Crippen LogP contribution is 2.20. The van der Waals surface area contributed by atoms with Gasteiger partial charge in [-0.2, -0.15) is 0 Å². The summed E-state index contributed by atoms with van der Waals surface area (Å²) in [5.74, 6) is 0.808. The van der Waals surface area contributed by atoms with Crippen LogP contribution < -0.4 is 0 Å². The Morgan fingerprint density at radius 3 is 1.81 bits per heavy atom. The van der Waals surface area contributed by atoms with E-state index < -0.39 is 0 Å². The molecule has 0 saturated heterocycles. The summed E-state index contributed by atoms with van der Waals surface area (Å²) in [7, 11) is 0. The average molecular weight is 274 g/mol. The molecule has 2 heteroatoms. The van der Waals surface area contributed by atoms with Gasteiger partial charge < -0.3 is 0 Å². The Bertz CT molecular complexity index is 711. The smallest absolute Gasteiger partial charge is 0.159 e. The highest BCUT2D eigenvalue weighted by atomic mass is 14.9. The molecule has 0 aliphatic heterocycles. The van der Waals surface area contributed by atoms with Gasteiger partial charge in [0.2, 0.25) is 0 Å². The van der Waals surface area contributed by atoms with Gasteiger partial charge in [-0.05, 0) is 25.0 Å². The summed E-state index contributed by atoms with van der Waals surface area (Å²) in [5.41, 5.74) is 5.70. The van der Waals surface area contributed by atoms with Crippen LogP contribution in [-0.4, -0.2) is 9.97 Å². The van der Waals surface area contributed by atoms with Crippen LogP contribution in [0.25, 0.3) is 11.4 Å². The maximum Gasteiger partial charge on any atom is 0.159 e. The second-order valence-corrected chi connectivity index (χ2v) is 5.22. The van der Waals surface area contributed by atoms with Gasteiger partial charge in [0, 0.05) is 23.4 Å². The van der Waals surface area contributed by atoms with E-state index in [2.05, 4.69) is 48.1 Å². The molecule has 1 heterocycles. The number of aromatic nitrogens is 2. The molecule has 0 radical (unpaired) electrons. The molecule has 0 atom stereocenters. The van der Waals surface area contributed by atoms with Gasteiger partial charge in [0.15, 0.2) is 5.82 Å². The summed E-state index contributed by atoms with van der Waals surface area (Å²) in [6, 6.07) is 20.6. The largest absolute Gasteiger partial charge is 0.233 e. The van der Waals surface area contributed by atoms with E-state index in [1.165, 1.54) is 11.1 Å². The van der Waals surface area contributed by atoms with Crippen molar-refractivity contribution in [1.82, 2.24) is 9.97 Å². The Kier molecular flexibility index (Phi) is 3.78. The number of aryl methyl sites for hydroxylation is 2. The van der Waals surface area contributed by atoms with Crippen molar-refractivity contribution in [2.24, 2.45) is 0 Å². The zero-order valence-corrected chi connectivity index (χ0v) is 12.4. The van der Waals surface area contributed by atoms with Crippen LogP contribution in [0.15, 0.2) is 60.7 Å². The lowest BCUT2D eigenvalue weighted by atomic mass is 10.0. The molecule has 2 nitrogen and oxygen atoms in total. The molecule has 0 N–H and O–H groups in total. The maximum atomic E-state index is 4.69. The molecule has 1 aromatic heterocycles. The quantitative estimate of drug-likeness (QED) is 0.709. The zero-order chi connectivity index (χ0) is 14.7. The number of hydrogen-bond acceptors (Lipinski definition) is 2. The molecule has 3 aromatic rings. The molecule has 3 rings (SSSR count). The first kappa shape index (κ1) is 13.5. The van der Waals surface area contributed by atoms with Crippen LogP contribution in [0.1, 0.15) is 22.5 Å². The standard InChI is InChI=1S/C19H18N2/c1-14-18(13-16-9-5-3-6-10-16)15(2)21-19(20-14)17-11-7-4-8-12-17/h3-12H,13H2,1-2H3. The molecule has 0 unspecified atom stereocenters. The Morgan fingerprint density at radius 1 is 0.714 bits per heavy atom. The number of rotatable bonds is 3. The summed E-state index contributed by atoms with van der Waals surface area (Å²) in [5, 5.41) is 0. The van der Waals surface area contributed by atoms with Crippen LogP contribution in [0, 0.1) is 13.8 Å². The van der Waals surface area contributed by atoms with E-state index in [-0.39, 0.29) is 0 Å². The highest BCUT2D eigenvalue weighted by Gasteiger charge is 2.10. The molecule has 0 aliphatic carbocycles. The van der Waals surface area contributed by atoms with Crippen LogP contribution in [-0.2, 0) is 6.42 Å². The number of benzene rings is 2. The van der Waals surface area contributed by atoms with E-state index in [9.17, 15) is 0 Å². The zero-order valence-electron chi connectivity index (χ0n) is 12.4. The maximum absolute atomic E-state index is 4.69. The Labute approximate surface area is 125 Å². The summed E-state index contributed by atoms with van der Waals surface area (Å²) in [6.45, 7) is 4.14. The lowest BCUT2D eigenvalue weighted by molar-refractivity contribution is 0.980. The van der Waals surface area contributed by atoms with Gasteiger partial charge in [-0.3, -0.25) is 0 Å². The van der Waals surface area contributed by atoms with E-state index in [4.69, 9.17) is 0 Å². The van der Waals surface area contributed by atoms with Crippen molar-refractivity contribution in [1.29, 1.82) is 0 Å². The molecule has 0 spiro atoms. The van der Waals surface area contributed by atoms with E-state index in [0.717, 1.165) is 29.2 Å². The topological polar surface area (TPSA) is 25.8 Å². The second-order valence-electron chi connectivity index (χ2n) is 5.22. The molecular weight excluding hydrogens is 256 g/mol. The molecule has 0 aliphatic rings. The molecular formula is C19H18N2. The lowest BCUT2D eigenvalue weighted by Gasteiger charge is -2.11. The first-order chi connectivity index (χ1) is 10.2. The molecule has 2 aromatic carbocycles. The van der Waals surface area contributed by atoms with E-state index in [1.807, 2.05) is 36.4 Å². The predicted octanol–water partition coefficient (Wildman–Crippen LogP) is 4.35. The normalized spacial score (nSPS) is 10.6. The molecule has 0 fully saturated rings. The molecule has 0 saturated carbocycles. The Hall–Kier alpha value is -2.48. The lowest BCUT2D eigenvalue weighted by Crippen LogP contribution is -2.03. The van der Waals surface area contributed by atoms with E-state index in [0.29, 0.717) is 0 Å². The van der Waals surface area contributed by atoms with Gasteiger partial charge >= 0.3 is 0 Å². The summed E-state index contributed by atoms with van der Waals surface area (Å²) >= 11 is 0. The van der Waals surface area contributed by atoms with Crippen molar-refractivity contribution in [3.05, 3.63) is 83.2 Å². The van der Waals surface area contributed by atoms with Gasteiger partial charge in [-0.1, -0.05) is 60.7 Å². The second kappa shape index (κ2) is 5.88. The minimum absolute atomic E-state index is 0.808. The Morgan fingerprint density at radius 2 is 1.24 bits per heavy atom. The minimum atomic E-state index is 0.808. The fourth-order valence-corrected chi connectivity index (χ4v) is 2.51. The summed E-state index contributed by atoms with van der Waals surface area (Å²) < 4.78 is 0. The van der Waals surface area contributed by atoms with E-state index >= 15 is 0 Å². The fraction of sp³-hybridized carbons (Fsp3) is 0.158. The van der Waals surface area contributed by atoms with Gasteiger partial charge in [-0.25, -0.2) is 9.97 Å². The number of nitrogens with zero attached hydrogens (tertiary/aromatic N) is 2. The van der Waals surface area contributed by atoms with Crippen molar-refractivity contribution >= 4 is 0 Å². The van der Waals surface area contributed by atoms with Gasteiger partial charge in [0.05, 0.1) is 0 Å². The highest BCUT2D eigenvalue weighted by molar-refractivity contribution is 5.55. The minimum Gasteiger partial charge on any atom is -0.233 e. The third kappa shape index (κ3) is 3.00. The molecule has 0 bridgehead atoms. The monoisotopic (exact) mass is 274 g/mol. The van der Waals surface area contributed by atoms with Crippen molar-refractivity contribution < 1.29 is 0 Å². The molecule has 0 amide bonds. The summed E-state index contributed by atoms with van der Waals surface area (Å²) in [6.07, 6.45) is 0.883.